The van der Waals surface area contributed by atoms with Crippen molar-refractivity contribution in [2.75, 3.05) is 0 Å². The minimum atomic E-state index is -0.391. The molecule has 0 bridgehead atoms. The maximum Gasteiger partial charge on any atom is 0.280 e. The number of carbonyl (C=O) groups is 1. The summed E-state index contributed by atoms with van der Waals surface area (Å²) in [6, 6.07) is 11.3. The van der Waals surface area contributed by atoms with Crippen molar-refractivity contribution in [3.05, 3.63) is 64.6 Å². The maximum absolute atomic E-state index is 13.8. The lowest BCUT2D eigenvalue weighted by molar-refractivity contribution is 0.0950. The van der Waals surface area contributed by atoms with E-state index in [-0.39, 0.29) is 5.91 Å². The molecule has 0 unspecified atom stereocenters. The summed E-state index contributed by atoms with van der Waals surface area (Å²) in [5, 5.41) is 4.83. The first kappa shape index (κ1) is 12.8. The molecule has 1 aromatic heterocycles. The highest BCUT2D eigenvalue weighted by Gasteiger charge is 2.18. The standard InChI is InChI=1S/C15H10ClFN2O/c1-9-14-12(17)7-4-8-13(14)19(18-9)15(20)10-5-2-3-6-11(10)16/h2-8H,1H3. The van der Waals surface area contributed by atoms with Crippen LogP contribution in [0.4, 0.5) is 4.39 Å². The van der Waals surface area contributed by atoms with Gasteiger partial charge >= 0.3 is 0 Å². The van der Waals surface area contributed by atoms with E-state index in [4.69, 9.17) is 11.6 Å². The maximum atomic E-state index is 13.8. The number of halogens is 2. The monoisotopic (exact) mass is 288 g/mol. The summed E-state index contributed by atoms with van der Waals surface area (Å²) in [5.41, 5.74) is 1.24. The first-order valence-electron chi connectivity index (χ1n) is 6.02. The van der Waals surface area contributed by atoms with E-state index in [0.29, 0.717) is 27.2 Å². The average Bonchev–Trinajstić information content (AvgIpc) is 2.77. The third-order valence-corrected chi connectivity index (χ3v) is 3.46. The Hall–Kier alpha value is -2.20. The summed E-state index contributed by atoms with van der Waals surface area (Å²) >= 11 is 6.02. The number of hydrogen-bond acceptors (Lipinski definition) is 2. The van der Waals surface area contributed by atoms with Crippen LogP contribution in [0.3, 0.4) is 0 Å². The zero-order valence-electron chi connectivity index (χ0n) is 10.6. The quantitative estimate of drug-likeness (QED) is 0.682. The van der Waals surface area contributed by atoms with Gasteiger partial charge in [-0.2, -0.15) is 9.78 Å². The lowest BCUT2D eigenvalue weighted by Crippen LogP contribution is -2.14. The number of nitrogens with zero attached hydrogens (tertiary/aromatic N) is 2. The summed E-state index contributed by atoms with van der Waals surface area (Å²) in [7, 11) is 0. The van der Waals surface area contributed by atoms with Crippen LogP contribution in [0.5, 0.6) is 0 Å². The van der Waals surface area contributed by atoms with Crippen LogP contribution in [-0.2, 0) is 0 Å². The van der Waals surface area contributed by atoms with E-state index >= 15 is 0 Å². The number of benzene rings is 2. The van der Waals surface area contributed by atoms with Gasteiger partial charge in [0.05, 0.1) is 27.2 Å². The van der Waals surface area contributed by atoms with Crippen molar-refractivity contribution in [2.45, 2.75) is 6.92 Å². The van der Waals surface area contributed by atoms with Crippen LogP contribution in [0, 0.1) is 12.7 Å². The number of rotatable bonds is 1. The second-order valence-corrected chi connectivity index (χ2v) is 4.82. The van der Waals surface area contributed by atoms with Gasteiger partial charge in [0, 0.05) is 0 Å². The molecule has 0 spiro atoms. The molecule has 0 saturated carbocycles. The van der Waals surface area contributed by atoms with Crippen LogP contribution >= 0.6 is 11.6 Å². The van der Waals surface area contributed by atoms with Crippen molar-refractivity contribution >= 4 is 28.4 Å². The highest BCUT2D eigenvalue weighted by Crippen LogP contribution is 2.23. The smallest absolute Gasteiger partial charge is 0.267 e. The summed E-state index contributed by atoms with van der Waals surface area (Å²) in [5.74, 6) is -0.766. The Labute approximate surface area is 119 Å². The number of fused-ring (bicyclic) bond motifs is 1. The Morgan fingerprint density at radius 2 is 1.95 bits per heavy atom. The van der Waals surface area contributed by atoms with E-state index in [1.807, 2.05) is 0 Å². The number of aromatic nitrogens is 2. The van der Waals surface area contributed by atoms with Crippen LogP contribution in [0.1, 0.15) is 16.1 Å². The van der Waals surface area contributed by atoms with E-state index in [1.165, 1.54) is 10.7 Å². The molecule has 0 aliphatic rings. The average molecular weight is 289 g/mol. The molecule has 0 aliphatic carbocycles. The van der Waals surface area contributed by atoms with Crippen molar-refractivity contribution in [3.63, 3.8) is 0 Å². The second kappa shape index (κ2) is 4.72. The first-order chi connectivity index (χ1) is 9.59. The molecule has 3 aromatic rings. The Balaban J connectivity index is 2.24. The van der Waals surface area contributed by atoms with Crippen molar-refractivity contribution in [1.82, 2.24) is 9.78 Å². The molecule has 0 aliphatic heterocycles. The summed E-state index contributed by atoms with van der Waals surface area (Å²) in [6.45, 7) is 1.67. The third kappa shape index (κ3) is 1.89. The zero-order chi connectivity index (χ0) is 14.3. The fourth-order valence-electron chi connectivity index (χ4n) is 2.20. The molecule has 3 nitrogen and oxygen atoms in total. The van der Waals surface area contributed by atoms with Gasteiger partial charge in [-0.1, -0.05) is 29.8 Å². The van der Waals surface area contributed by atoms with Gasteiger partial charge in [0.1, 0.15) is 5.82 Å². The minimum absolute atomic E-state index is 0.336. The van der Waals surface area contributed by atoms with E-state index in [0.717, 1.165) is 0 Å². The van der Waals surface area contributed by atoms with Crippen LogP contribution in [0.2, 0.25) is 5.02 Å². The number of carbonyl (C=O) groups excluding carboxylic acids is 1. The lowest BCUT2D eigenvalue weighted by atomic mass is 10.2. The molecule has 0 radical (unpaired) electrons. The van der Waals surface area contributed by atoms with E-state index in [1.54, 1.807) is 43.3 Å². The Morgan fingerprint density at radius 1 is 1.20 bits per heavy atom. The van der Waals surface area contributed by atoms with E-state index in [2.05, 4.69) is 5.10 Å². The molecule has 1 heterocycles. The van der Waals surface area contributed by atoms with Crippen LogP contribution in [-0.4, -0.2) is 15.7 Å². The third-order valence-electron chi connectivity index (χ3n) is 3.13. The fraction of sp³-hybridized carbons (Fsp3) is 0.0667. The first-order valence-corrected chi connectivity index (χ1v) is 6.40. The molecular weight excluding hydrogens is 279 g/mol. The highest BCUT2D eigenvalue weighted by atomic mass is 35.5. The molecule has 0 fully saturated rings. The molecule has 5 heteroatoms. The molecule has 0 N–H and O–H groups in total. The molecule has 0 atom stereocenters. The molecular formula is C15H10ClFN2O. The second-order valence-electron chi connectivity index (χ2n) is 4.42. The normalized spacial score (nSPS) is 10.9. The largest absolute Gasteiger partial charge is 0.280 e. The molecule has 0 amide bonds. The van der Waals surface area contributed by atoms with E-state index in [9.17, 15) is 9.18 Å². The molecule has 3 rings (SSSR count). The summed E-state index contributed by atoms with van der Waals surface area (Å²) < 4.78 is 15.0. The van der Waals surface area contributed by atoms with Gasteiger partial charge in [-0.15, -0.1) is 0 Å². The predicted octanol–water partition coefficient (Wildman–Crippen LogP) is 3.83. The van der Waals surface area contributed by atoms with Crippen LogP contribution in [0.15, 0.2) is 42.5 Å². The van der Waals surface area contributed by atoms with Gasteiger partial charge in [0.2, 0.25) is 0 Å². The Morgan fingerprint density at radius 3 is 2.70 bits per heavy atom. The van der Waals surface area contributed by atoms with Crippen LogP contribution < -0.4 is 0 Å². The SMILES string of the molecule is Cc1nn(C(=O)c2ccccc2Cl)c2cccc(F)c12. The number of hydrogen-bond donors (Lipinski definition) is 0. The molecule has 100 valence electrons. The van der Waals surface area contributed by atoms with Crippen molar-refractivity contribution in [3.8, 4) is 0 Å². The van der Waals surface area contributed by atoms with Gasteiger partial charge in [-0.25, -0.2) is 4.39 Å². The summed E-state index contributed by atoms with van der Waals surface area (Å²) in [6.07, 6.45) is 0. The zero-order valence-corrected chi connectivity index (χ0v) is 11.4. The molecule has 0 saturated heterocycles. The highest BCUT2D eigenvalue weighted by molar-refractivity contribution is 6.34. The van der Waals surface area contributed by atoms with E-state index < -0.39 is 5.82 Å². The van der Waals surface area contributed by atoms with Gasteiger partial charge in [0.15, 0.2) is 0 Å². The number of aryl methyl sites for hydroxylation is 1. The van der Waals surface area contributed by atoms with Gasteiger partial charge in [0.25, 0.3) is 5.91 Å². The minimum Gasteiger partial charge on any atom is -0.267 e. The lowest BCUT2D eigenvalue weighted by Gasteiger charge is -2.04. The van der Waals surface area contributed by atoms with Gasteiger partial charge < -0.3 is 0 Å². The van der Waals surface area contributed by atoms with Gasteiger partial charge in [-0.3, -0.25) is 4.79 Å². The Kier molecular flexibility index (Phi) is 3.03. The van der Waals surface area contributed by atoms with Crippen LogP contribution in [0.25, 0.3) is 10.9 Å². The fourth-order valence-corrected chi connectivity index (χ4v) is 2.42. The predicted molar refractivity (Wildman–Crippen MR) is 75.6 cm³/mol. The summed E-state index contributed by atoms with van der Waals surface area (Å²) in [4.78, 5) is 12.5. The van der Waals surface area contributed by atoms with Crippen molar-refractivity contribution in [1.29, 1.82) is 0 Å². The van der Waals surface area contributed by atoms with Crippen molar-refractivity contribution < 1.29 is 9.18 Å². The topological polar surface area (TPSA) is 34.9 Å². The van der Waals surface area contributed by atoms with Gasteiger partial charge in [-0.05, 0) is 31.2 Å². The Bertz CT molecular complexity index is 826. The molecule has 2 aromatic carbocycles. The van der Waals surface area contributed by atoms with Crippen molar-refractivity contribution in [2.24, 2.45) is 0 Å². The molecule has 20 heavy (non-hydrogen) atoms.